The van der Waals surface area contributed by atoms with E-state index in [0.29, 0.717) is 45.1 Å². The van der Waals surface area contributed by atoms with E-state index in [0.717, 1.165) is 12.8 Å². The Balaban J connectivity index is 1.44. The minimum absolute atomic E-state index is 0.262. The quantitative estimate of drug-likeness (QED) is 0.128. The second kappa shape index (κ2) is 14.6. The number of hydrogen-bond donors (Lipinski definition) is 3. The van der Waals surface area contributed by atoms with Crippen LogP contribution >= 0.6 is 23.2 Å². The number of halogens is 2. The van der Waals surface area contributed by atoms with Gasteiger partial charge < -0.3 is 20.1 Å². The number of anilines is 2. The molecule has 0 saturated heterocycles. The molecule has 0 radical (unpaired) electrons. The average Bonchev–Trinajstić information content (AvgIpc) is 2.90. The summed E-state index contributed by atoms with van der Waals surface area (Å²) in [5.74, 6) is -1.13. The second-order valence-corrected chi connectivity index (χ2v) is 8.76. The van der Waals surface area contributed by atoms with Gasteiger partial charge in [0.1, 0.15) is 11.5 Å². The third kappa shape index (κ3) is 9.42. The van der Waals surface area contributed by atoms with E-state index < -0.39 is 17.7 Å². The molecule has 3 amide bonds. The summed E-state index contributed by atoms with van der Waals surface area (Å²) < 4.78 is 11.1. The van der Waals surface area contributed by atoms with Crippen LogP contribution < -0.4 is 25.5 Å². The highest BCUT2D eigenvalue weighted by Gasteiger charge is 2.13. The molecule has 0 atom stereocenters. The summed E-state index contributed by atoms with van der Waals surface area (Å²) in [5, 5.41) is 9.70. The molecular formula is C27H26Cl2N4O5. The number of carbonyl (C=O) groups is 3. The molecule has 0 spiro atoms. The number of rotatable bonds is 11. The van der Waals surface area contributed by atoms with Gasteiger partial charge >= 0.3 is 11.8 Å². The van der Waals surface area contributed by atoms with Crippen LogP contribution in [0.5, 0.6) is 11.5 Å². The van der Waals surface area contributed by atoms with E-state index in [9.17, 15) is 14.4 Å². The highest BCUT2D eigenvalue weighted by atomic mass is 35.5. The molecule has 0 aliphatic heterocycles. The molecule has 0 aliphatic rings. The predicted molar refractivity (Wildman–Crippen MR) is 148 cm³/mol. The molecule has 0 saturated carbocycles. The van der Waals surface area contributed by atoms with Crippen molar-refractivity contribution >= 4 is 58.5 Å². The number of hydrogen-bond acceptors (Lipinski definition) is 6. The van der Waals surface area contributed by atoms with E-state index in [2.05, 4.69) is 28.1 Å². The van der Waals surface area contributed by atoms with Crippen molar-refractivity contribution in [1.29, 1.82) is 0 Å². The molecule has 3 rings (SSSR count). The Hall–Kier alpha value is -4.08. The number of benzene rings is 3. The lowest BCUT2D eigenvalue weighted by Gasteiger charge is -2.09. The Labute approximate surface area is 230 Å². The Morgan fingerprint density at radius 3 is 2.42 bits per heavy atom. The summed E-state index contributed by atoms with van der Waals surface area (Å²) in [6, 6.07) is 18.1. The zero-order valence-corrected chi connectivity index (χ0v) is 22.0. The van der Waals surface area contributed by atoms with Crippen molar-refractivity contribution < 1.29 is 23.9 Å². The molecule has 0 aromatic heterocycles. The molecule has 3 N–H and O–H groups in total. The molecule has 0 fully saturated rings. The second-order valence-electron chi connectivity index (χ2n) is 7.91. The van der Waals surface area contributed by atoms with Gasteiger partial charge in [-0.3, -0.25) is 14.4 Å². The van der Waals surface area contributed by atoms with Crippen molar-refractivity contribution in [3.8, 4) is 11.5 Å². The summed E-state index contributed by atoms with van der Waals surface area (Å²) >= 11 is 11.9. The first-order valence-corrected chi connectivity index (χ1v) is 12.4. The number of carbonyl (C=O) groups excluding carboxylic acids is 3. The van der Waals surface area contributed by atoms with Crippen molar-refractivity contribution in [2.75, 3.05) is 23.8 Å². The monoisotopic (exact) mass is 556 g/mol. The number of nitrogens with zero attached hydrogens (tertiary/aromatic N) is 1. The molecule has 3 aromatic carbocycles. The highest BCUT2D eigenvalue weighted by Crippen LogP contribution is 2.25. The molecule has 0 unspecified atom stereocenters. The SMILES string of the molecule is CCCCOc1ccc(NC(=O)C(=O)N/N=C\c2cccc(OCC(=O)Nc3ccc(Cl)cc3Cl)c2)cc1. The van der Waals surface area contributed by atoms with Crippen LogP contribution in [0.4, 0.5) is 11.4 Å². The van der Waals surface area contributed by atoms with Gasteiger partial charge in [0.25, 0.3) is 5.91 Å². The third-order valence-electron chi connectivity index (χ3n) is 4.90. The van der Waals surface area contributed by atoms with Crippen LogP contribution in [0.15, 0.2) is 71.8 Å². The van der Waals surface area contributed by atoms with Crippen molar-refractivity contribution in [3.05, 3.63) is 82.3 Å². The minimum Gasteiger partial charge on any atom is -0.494 e. The molecule has 0 heterocycles. The van der Waals surface area contributed by atoms with Gasteiger partial charge in [0.05, 0.1) is 23.5 Å². The van der Waals surface area contributed by atoms with Crippen molar-refractivity contribution in [3.63, 3.8) is 0 Å². The van der Waals surface area contributed by atoms with E-state index in [-0.39, 0.29) is 6.61 Å². The number of unbranched alkanes of at least 4 members (excludes halogenated alkanes) is 1. The highest BCUT2D eigenvalue weighted by molar-refractivity contribution is 6.39. The van der Waals surface area contributed by atoms with Gasteiger partial charge in [0, 0.05) is 10.7 Å². The molecule has 0 bridgehead atoms. The van der Waals surface area contributed by atoms with Crippen LogP contribution in [-0.2, 0) is 14.4 Å². The van der Waals surface area contributed by atoms with Crippen LogP contribution in [0.25, 0.3) is 0 Å². The first kappa shape index (κ1) is 28.5. The summed E-state index contributed by atoms with van der Waals surface area (Å²) in [4.78, 5) is 36.4. The lowest BCUT2D eigenvalue weighted by atomic mass is 10.2. The van der Waals surface area contributed by atoms with Crippen LogP contribution in [0.2, 0.25) is 10.0 Å². The number of hydrazone groups is 1. The molecule has 38 heavy (non-hydrogen) atoms. The Morgan fingerprint density at radius 1 is 0.895 bits per heavy atom. The minimum atomic E-state index is -0.936. The standard InChI is InChI=1S/C27H26Cl2N4O5/c1-2-3-13-37-21-10-8-20(9-11-21)31-26(35)27(36)33-30-16-18-5-4-6-22(14-18)38-17-25(34)32-24-12-7-19(28)15-23(24)29/h4-12,14-16H,2-3,13,17H2,1H3,(H,31,35)(H,32,34)(H,33,36)/b30-16-. The fourth-order valence-electron chi connectivity index (χ4n) is 2.98. The smallest absolute Gasteiger partial charge is 0.329 e. The van der Waals surface area contributed by atoms with Gasteiger partial charge in [-0.05, 0) is 66.6 Å². The zero-order chi connectivity index (χ0) is 27.3. The fraction of sp³-hybridized carbons (Fsp3) is 0.185. The lowest BCUT2D eigenvalue weighted by Crippen LogP contribution is -2.32. The zero-order valence-electron chi connectivity index (χ0n) is 20.5. The molecular weight excluding hydrogens is 531 g/mol. The first-order chi connectivity index (χ1) is 18.3. The summed E-state index contributed by atoms with van der Waals surface area (Å²) in [7, 11) is 0. The van der Waals surface area contributed by atoms with E-state index in [1.165, 1.54) is 12.3 Å². The Morgan fingerprint density at radius 2 is 1.68 bits per heavy atom. The summed E-state index contributed by atoms with van der Waals surface area (Å²) in [6.07, 6.45) is 3.33. The van der Waals surface area contributed by atoms with Gasteiger partial charge in [-0.25, -0.2) is 5.43 Å². The van der Waals surface area contributed by atoms with E-state index >= 15 is 0 Å². The van der Waals surface area contributed by atoms with Gasteiger partial charge in [0.2, 0.25) is 0 Å². The Kier molecular flexibility index (Phi) is 11.0. The first-order valence-electron chi connectivity index (χ1n) is 11.7. The molecule has 3 aromatic rings. The molecule has 0 aliphatic carbocycles. The maximum atomic E-state index is 12.2. The largest absolute Gasteiger partial charge is 0.494 e. The maximum Gasteiger partial charge on any atom is 0.329 e. The predicted octanol–water partition coefficient (Wildman–Crippen LogP) is 5.28. The van der Waals surface area contributed by atoms with E-state index in [4.69, 9.17) is 32.7 Å². The Bertz CT molecular complexity index is 1300. The molecule has 198 valence electrons. The normalized spacial score (nSPS) is 10.6. The van der Waals surface area contributed by atoms with E-state index in [1.807, 2.05) is 0 Å². The average molecular weight is 557 g/mol. The third-order valence-corrected chi connectivity index (χ3v) is 5.45. The van der Waals surface area contributed by atoms with Crippen LogP contribution in [-0.4, -0.2) is 37.1 Å². The molecule has 11 heteroatoms. The fourth-order valence-corrected chi connectivity index (χ4v) is 3.44. The number of ether oxygens (including phenoxy) is 2. The van der Waals surface area contributed by atoms with Crippen molar-refractivity contribution in [2.24, 2.45) is 5.10 Å². The topological polar surface area (TPSA) is 118 Å². The van der Waals surface area contributed by atoms with Crippen LogP contribution in [0, 0.1) is 0 Å². The van der Waals surface area contributed by atoms with Crippen molar-refractivity contribution in [2.45, 2.75) is 19.8 Å². The van der Waals surface area contributed by atoms with Crippen LogP contribution in [0.3, 0.4) is 0 Å². The maximum absolute atomic E-state index is 12.2. The number of amides is 3. The van der Waals surface area contributed by atoms with Gasteiger partial charge in [-0.2, -0.15) is 5.10 Å². The summed E-state index contributed by atoms with van der Waals surface area (Å²) in [6.45, 7) is 2.43. The van der Waals surface area contributed by atoms with Gasteiger partial charge in [-0.1, -0.05) is 48.7 Å². The van der Waals surface area contributed by atoms with Crippen molar-refractivity contribution in [1.82, 2.24) is 5.43 Å². The molecule has 9 nitrogen and oxygen atoms in total. The van der Waals surface area contributed by atoms with Gasteiger partial charge in [0.15, 0.2) is 6.61 Å². The van der Waals surface area contributed by atoms with Crippen LogP contribution in [0.1, 0.15) is 25.3 Å². The van der Waals surface area contributed by atoms with Gasteiger partial charge in [-0.15, -0.1) is 0 Å². The van der Waals surface area contributed by atoms with E-state index in [1.54, 1.807) is 60.7 Å². The summed E-state index contributed by atoms with van der Waals surface area (Å²) in [5.41, 5.74) is 3.61. The number of nitrogens with one attached hydrogen (secondary N) is 3. The lowest BCUT2D eigenvalue weighted by molar-refractivity contribution is -0.136.